The fourth-order valence-corrected chi connectivity index (χ4v) is 1.41. The van der Waals surface area contributed by atoms with E-state index in [2.05, 4.69) is 0 Å². The zero-order valence-corrected chi connectivity index (χ0v) is 8.72. The van der Waals surface area contributed by atoms with Crippen LogP contribution in [0.15, 0.2) is 18.2 Å². The second-order valence-electron chi connectivity index (χ2n) is 3.11. The molecule has 0 fully saturated rings. The van der Waals surface area contributed by atoms with Gasteiger partial charge in [0.15, 0.2) is 6.10 Å². The van der Waals surface area contributed by atoms with Crippen LogP contribution in [0.5, 0.6) is 0 Å². The van der Waals surface area contributed by atoms with Crippen molar-refractivity contribution < 1.29 is 20.1 Å². The maximum Gasteiger partial charge on any atom is 0.335 e. The number of hydrogen-bond donors (Lipinski definition) is 3. The van der Waals surface area contributed by atoms with Crippen LogP contribution in [0.2, 0.25) is 5.02 Å². The first kappa shape index (κ1) is 12.5. The summed E-state index contributed by atoms with van der Waals surface area (Å²) in [5.74, 6) is -1.55. The number of carbonyl (C=O) groups is 1. The first-order valence-corrected chi connectivity index (χ1v) is 4.63. The summed E-state index contributed by atoms with van der Waals surface area (Å²) in [7, 11) is 0. The van der Waals surface area contributed by atoms with Gasteiger partial charge in [-0.2, -0.15) is 5.26 Å². The number of halogens is 1. The van der Waals surface area contributed by atoms with Gasteiger partial charge in [0.2, 0.25) is 0 Å². The van der Waals surface area contributed by atoms with Crippen LogP contribution >= 0.6 is 11.6 Å². The normalized spacial score (nSPS) is 13.9. The van der Waals surface area contributed by atoms with Crippen molar-refractivity contribution in [3.05, 3.63) is 34.3 Å². The maximum atomic E-state index is 10.4. The van der Waals surface area contributed by atoms with Gasteiger partial charge in [0.25, 0.3) is 0 Å². The summed E-state index contributed by atoms with van der Waals surface area (Å²) in [6.45, 7) is 0. The number of nitrogens with zero attached hydrogens (tertiary/aromatic N) is 1. The first-order valence-electron chi connectivity index (χ1n) is 4.25. The molecule has 1 aromatic rings. The highest BCUT2D eigenvalue weighted by Crippen LogP contribution is 2.22. The van der Waals surface area contributed by atoms with Gasteiger partial charge in [-0.15, -0.1) is 0 Å². The Morgan fingerprint density at radius 1 is 1.38 bits per heavy atom. The summed E-state index contributed by atoms with van der Waals surface area (Å²) in [4.78, 5) is 10.4. The molecule has 0 amide bonds. The number of aliphatic hydroxyl groups excluding tert-OH is 2. The SMILES string of the molecule is N#Cc1cc(Cl)cc(C(O)C(O)C(=O)O)c1. The summed E-state index contributed by atoms with van der Waals surface area (Å²) >= 11 is 5.67. The quantitative estimate of drug-likeness (QED) is 0.723. The third-order valence-electron chi connectivity index (χ3n) is 1.94. The van der Waals surface area contributed by atoms with Crippen LogP contribution in [0.3, 0.4) is 0 Å². The van der Waals surface area contributed by atoms with Gasteiger partial charge in [0, 0.05) is 5.02 Å². The van der Waals surface area contributed by atoms with Crippen LogP contribution in [0.4, 0.5) is 0 Å². The lowest BCUT2D eigenvalue weighted by atomic mass is 10.0. The smallest absolute Gasteiger partial charge is 0.335 e. The Labute approximate surface area is 96.1 Å². The summed E-state index contributed by atoms with van der Waals surface area (Å²) in [5.41, 5.74) is 0.262. The van der Waals surface area contributed by atoms with Crippen LogP contribution < -0.4 is 0 Å². The molecule has 2 atom stereocenters. The van der Waals surface area contributed by atoms with Crippen molar-refractivity contribution in [3.8, 4) is 6.07 Å². The Morgan fingerprint density at radius 3 is 2.50 bits per heavy atom. The minimum absolute atomic E-state index is 0.0824. The monoisotopic (exact) mass is 241 g/mol. The highest BCUT2D eigenvalue weighted by Gasteiger charge is 2.25. The number of nitriles is 1. The Kier molecular flexibility index (Phi) is 3.85. The van der Waals surface area contributed by atoms with E-state index >= 15 is 0 Å². The lowest BCUT2D eigenvalue weighted by Gasteiger charge is -2.14. The van der Waals surface area contributed by atoms with Gasteiger partial charge in [-0.1, -0.05) is 11.6 Å². The molecule has 2 unspecified atom stereocenters. The molecule has 84 valence electrons. The highest BCUT2D eigenvalue weighted by atomic mass is 35.5. The van der Waals surface area contributed by atoms with Crippen LogP contribution in [-0.2, 0) is 4.79 Å². The molecule has 0 saturated heterocycles. The average molecular weight is 242 g/mol. The van der Waals surface area contributed by atoms with Crippen molar-refractivity contribution in [1.82, 2.24) is 0 Å². The molecule has 0 aliphatic rings. The van der Waals surface area contributed by atoms with Crippen LogP contribution in [0.1, 0.15) is 17.2 Å². The Balaban J connectivity index is 3.09. The molecule has 0 radical (unpaired) electrons. The fourth-order valence-electron chi connectivity index (χ4n) is 1.16. The van der Waals surface area contributed by atoms with E-state index in [0.29, 0.717) is 0 Å². The van der Waals surface area contributed by atoms with Crippen LogP contribution in [-0.4, -0.2) is 27.4 Å². The minimum Gasteiger partial charge on any atom is -0.479 e. The number of hydrogen-bond acceptors (Lipinski definition) is 4. The average Bonchev–Trinajstić information content (AvgIpc) is 2.25. The molecule has 0 aliphatic heterocycles. The van der Waals surface area contributed by atoms with E-state index < -0.39 is 18.2 Å². The molecule has 0 spiro atoms. The van der Waals surface area contributed by atoms with Gasteiger partial charge in [-0.05, 0) is 23.8 Å². The topological polar surface area (TPSA) is 102 Å². The number of aliphatic carboxylic acids is 1. The molecule has 0 heterocycles. The zero-order chi connectivity index (χ0) is 12.3. The lowest BCUT2D eigenvalue weighted by Crippen LogP contribution is -2.27. The molecule has 6 heteroatoms. The number of rotatable bonds is 3. The molecular weight excluding hydrogens is 234 g/mol. The Bertz CT molecular complexity index is 455. The summed E-state index contributed by atoms with van der Waals surface area (Å²) < 4.78 is 0. The predicted molar refractivity (Wildman–Crippen MR) is 54.8 cm³/mol. The molecule has 16 heavy (non-hydrogen) atoms. The second kappa shape index (κ2) is 4.94. The summed E-state index contributed by atoms with van der Waals surface area (Å²) in [5, 5.41) is 36.0. The standard InChI is InChI=1S/C10H8ClNO4/c11-7-2-5(4-12)1-6(3-7)8(13)9(14)10(15)16/h1-3,8-9,13-14H,(H,15,16). The van der Waals surface area contributed by atoms with Gasteiger partial charge in [-0.3, -0.25) is 0 Å². The summed E-state index contributed by atoms with van der Waals surface area (Å²) in [6.07, 6.45) is -3.58. The zero-order valence-electron chi connectivity index (χ0n) is 7.96. The molecule has 0 aromatic heterocycles. The minimum atomic E-state index is -1.95. The fraction of sp³-hybridized carbons (Fsp3) is 0.200. The Morgan fingerprint density at radius 2 is 2.00 bits per heavy atom. The molecule has 1 rings (SSSR count). The van der Waals surface area contributed by atoms with Gasteiger partial charge in [0.1, 0.15) is 6.10 Å². The molecule has 0 bridgehead atoms. The third-order valence-corrected chi connectivity index (χ3v) is 2.16. The number of carboxylic acids is 1. The number of aliphatic hydroxyl groups is 2. The largest absolute Gasteiger partial charge is 0.479 e. The molecule has 5 nitrogen and oxygen atoms in total. The molecular formula is C10H8ClNO4. The molecule has 3 N–H and O–H groups in total. The van der Waals surface area contributed by atoms with Crippen LogP contribution in [0.25, 0.3) is 0 Å². The van der Waals surface area contributed by atoms with Crippen molar-refractivity contribution >= 4 is 17.6 Å². The Hall–Kier alpha value is -1.61. The number of carboxylic acid groups (broad SMARTS) is 1. The van der Waals surface area contributed by atoms with Gasteiger partial charge < -0.3 is 15.3 Å². The molecule has 0 aliphatic carbocycles. The summed E-state index contributed by atoms with van der Waals surface area (Å²) in [6, 6.07) is 5.73. The van der Waals surface area contributed by atoms with Crippen LogP contribution in [0, 0.1) is 11.3 Å². The maximum absolute atomic E-state index is 10.4. The van der Waals surface area contributed by atoms with Crippen molar-refractivity contribution in [2.75, 3.05) is 0 Å². The van der Waals surface area contributed by atoms with E-state index in [9.17, 15) is 9.90 Å². The van der Waals surface area contributed by atoms with Gasteiger partial charge >= 0.3 is 5.97 Å². The van der Waals surface area contributed by atoms with E-state index in [4.69, 9.17) is 27.1 Å². The van der Waals surface area contributed by atoms with Crippen molar-refractivity contribution in [2.24, 2.45) is 0 Å². The third kappa shape index (κ3) is 2.70. The number of benzene rings is 1. The van der Waals surface area contributed by atoms with Crippen molar-refractivity contribution in [2.45, 2.75) is 12.2 Å². The highest BCUT2D eigenvalue weighted by molar-refractivity contribution is 6.30. The first-order chi connectivity index (χ1) is 7.45. The predicted octanol–water partition coefficient (Wildman–Crippen LogP) is 0.691. The van der Waals surface area contributed by atoms with Crippen molar-refractivity contribution in [3.63, 3.8) is 0 Å². The van der Waals surface area contributed by atoms with Gasteiger partial charge in [0.05, 0.1) is 11.6 Å². The van der Waals surface area contributed by atoms with E-state index in [-0.39, 0.29) is 16.1 Å². The van der Waals surface area contributed by atoms with Gasteiger partial charge in [-0.25, -0.2) is 4.79 Å². The lowest BCUT2D eigenvalue weighted by molar-refractivity contribution is -0.153. The molecule has 0 saturated carbocycles. The van der Waals surface area contributed by atoms with E-state index in [1.54, 1.807) is 6.07 Å². The van der Waals surface area contributed by atoms with E-state index in [1.807, 2.05) is 0 Å². The van der Waals surface area contributed by atoms with E-state index in [0.717, 1.165) is 0 Å². The second-order valence-corrected chi connectivity index (χ2v) is 3.55. The van der Waals surface area contributed by atoms with Crippen molar-refractivity contribution in [1.29, 1.82) is 5.26 Å². The van der Waals surface area contributed by atoms with E-state index in [1.165, 1.54) is 18.2 Å². The molecule has 1 aromatic carbocycles.